The summed E-state index contributed by atoms with van der Waals surface area (Å²) < 4.78 is 0. The molecule has 34 heavy (non-hydrogen) atoms. The maximum Gasteiger partial charge on any atom is 0.246 e. The molecule has 180 valence electrons. The van der Waals surface area contributed by atoms with Gasteiger partial charge < -0.3 is 9.80 Å². The average molecular weight is 482 g/mol. The van der Waals surface area contributed by atoms with Crippen molar-refractivity contribution in [2.75, 3.05) is 50.7 Å². The fraction of sp³-hybridized carbons (Fsp3) is 0.440. The zero-order valence-electron chi connectivity index (χ0n) is 19.6. The number of thiazole rings is 1. The monoisotopic (exact) mass is 481 g/mol. The molecule has 2 aliphatic heterocycles. The third-order valence-corrected chi connectivity index (χ3v) is 7.02. The molecule has 9 heteroatoms. The molecule has 3 heterocycles. The molecule has 0 atom stereocenters. The maximum atomic E-state index is 12.7. The molecule has 0 bridgehead atoms. The van der Waals surface area contributed by atoms with Crippen LogP contribution in [0.5, 0.6) is 0 Å². The second-order valence-electron chi connectivity index (χ2n) is 8.62. The minimum absolute atomic E-state index is 0.0666. The van der Waals surface area contributed by atoms with E-state index in [-0.39, 0.29) is 17.7 Å². The molecule has 3 amide bonds. The zero-order chi connectivity index (χ0) is 23.9. The quantitative estimate of drug-likeness (QED) is 0.593. The van der Waals surface area contributed by atoms with Gasteiger partial charge in [-0.2, -0.15) is 0 Å². The van der Waals surface area contributed by atoms with E-state index in [1.807, 2.05) is 40.6 Å². The van der Waals surface area contributed by atoms with E-state index in [0.717, 1.165) is 31.6 Å². The highest BCUT2D eigenvalue weighted by Crippen LogP contribution is 2.29. The van der Waals surface area contributed by atoms with Crippen molar-refractivity contribution in [3.05, 3.63) is 47.5 Å². The van der Waals surface area contributed by atoms with E-state index in [2.05, 4.69) is 9.88 Å². The molecule has 4 rings (SSSR count). The smallest absolute Gasteiger partial charge is 0.246 e. The second kappa shape index (κ2) is 11.4. The highest BCUT2D eigenvalue weighted by Gasteiger charge is 2.24. The third kappa shape index (κ3) is 6.09. The molecule has 1 aromatic carbocycles. The molecule has 2 fully saturated rings. The highest BCUT2D eigenvalue weighted by molar-refractivity contribution is 7.14. The SMILES string of the molecule is CC(=O)N(c1ccccc1)c1nc(C=CC(=O)N2CCN(CC(=O)N3CCCCC3)CC2)cs1. The standard InChI is InChI=1S/C25H31N5O3S/c1-20(31)30(22-8-4-2-5-9-22)25-26-21(19-34-25)10-11-23(32)29-16-14-27(15-17-29)18-24(33)28-12-6-3-7-13-28/h2,4-5,8-11,19H,3,6-7,12-18H2,1H3. The van der Waals surface area contributed by atoms with Gasteiger partial charge in [0.05, 0.1) is 17.9 Å². The minimum atomic E-state index is -0.121. The number of carbonyl (C=O) groups is 3. The van der Waals surface area contributed by atoms with Crippen LogP contribution in [0.25, 0.3) is 6.08 Å². The van der Waals surface area contributed by atoms with E-state index in [0.29, 0.717) is 43.5 Å². The van der Waals surface area contributed by atoms with Gasteiger partial charge in [0.1, 0.15) is 0 Å². The van der Waals surface area contributed by atoms with Crippen molar-refractivity contribution >= 4 is 46.0 Å². The van der Waals surface area contributed by atoms with Crippen LogP contribution in [0, 0.1) is 0 Å². The lowest BCUT2D eigenvalue weighted by atomic mass is 10.1. The largest absolute Gasteiger partial charge is 0.342 e. The summed E-state index contributed by atoms with van der Waals surface area (Å²) in [7, 11) is 0. The molecule has 1 aromatic heterocycles. The van der Waals surface area contributed by atoms with Crippen LogP contribution < -0.4 is 4.90 Å². The van der Waals surface area contributed by atoms with Gasteiger partial charge in [0.2, 0.25) is 17.7 Å². The molecule has 0 saturated carbocycles. The molecule has 8 nitrogen and oxygen atoms in total. The predicted molar refractivity (Wildman–Crippen MR) is 134 cm³/mol. The highest BCUT2D eigenvalue weighted by atomic mass is 32.1. The Bertz CT molecular complexity index is 1020. The van der Waals surface area contributed by atoms with Crippen LogP contribution in [0.3, 0.4) is 0 Å². The molecular weight excluding hydrogens is 450 g/mol. The van der Waals surface area contributed by atoms with Crippen molar-refractivity contribution in [3.63, 3.8) is 0 Å². The Kier molecular flexibility index (Phi) is 8.08. The number of para-hydroxylation sites is 1. The summed E-state index contributed by atoms with van der Waals surface area (Å²) in [6.07, 6.45) is 6.63. The molecule has 0 spiro atoms. The van der Waals surface area contributed by atoms with Gasteiger partial charge in [-0.15, -0.1) is 11.3 Å². The summed E-state index contributed by atoms with van der Waals surface area (Å²) in [5.74, 6) is 0.0145. The predicted octanol–water partition coefficient (Wildman–Crippen LogP) is 3.00. The molecule has 2 aromatic rings. The summed E-state index contributed by atoms with van der Waals surface area (Å²) in [6.45, 7) is 6.29. The first-order valence-corrected chi connectivity index (χ1v) is 12.7. The molecule has 0 radical (unpaired) electrons. The molecule has 0 unspecified atom stereocenters. The van der Waals surface area contributed by atoms with Crippen LogP contribution in [0.2, 0.25) is 0 Å². The fourth-order valence-electron chi connectivity index (χ4n) is 4.28. The first-order chi connectivity index (χ1) is 16.5. The van der Waals surface area contributed by atoms with Crippen LogP contribution in [0.1, 0.15) is 31.9 Å². The van der Waals surface area contributed by atoms with E-state index >= 15 is 0 Å². The van der Waals surface area contributed by atoms with Gasteiger partial charge in [-0.25, -0.2) is 4.98 Å². The van der Waals surface area contributed by atoms with E-state index in [1.54, 1.807) is 15.9 Å². The van der Waals surface area contributed by atoms with Crippen molar-refractivity contribution in [2.24, 2.45) is 0 Å². The number of piperidine rings is 1. The van der Waals surface area contributed by atoms with Crippen LogP contribution in [0.4, 0.5) is 10.8 Å². The summed E-state index contributed by atoms with van der Waals surface area (Å²) in [5, 5.41) is 2.40. The van der Waals surface area contributed by atoms with Crippen molar-refractivity contribution in [3.8, 4) is 0 Å². The topological polar surface area (TPSA) is 77.1 Å². The Hall–Kier alpha value is -3.04. The van der Waals surface area contributed by atoms with Gasteiger partial charge in [0.15, 0.2) is 5.13 Å². The Balaban J connectivity index is 1.29. The number of carbonyl (C=O) groups excluding carboxylic acids is 3. The fourth-order valence-corrected chi connectivity index (χ4v) is 5.14. The first-order valence-electron chi connectivity index (χ1n) is 11.8. The molecule has 2 aliphatic rings. The maximum absolute atomic E-state index is 12.7. The van der Waals surface area contributed by atoms with Gasteiger partial charge >= 0.3 is 0 Å². The Morgan fingerprint density at radius 2 is 1.68 bits per heavy atom. The zero-order valence-corrected chi connectivity index (χ0v) is 20.4. The number of piperazine rings is 1. The summed E-state index contributed by atoms with van der Waals surface area (Å²) in [6, 6.07) is 9.38. The van der Waals surface area contributed by atoms with E-state index in [4.69, 9.17) is 0 Å². The Morgan fingerprint density at radius 3 is 2.35 bits per heavy atom. The van der Waals surface area contributed by atoms with Crippen molar-refractivity contribution in [1.82, 2.24) is 19.7 Å². The van der Waals surface area contributed by atoms with Crippen LogP contribution >= 0.6 is 11.3 Å². The van der Waals surface area contributed by atoms with E-state index < -0.39 is 0 Å². The lowest BCUT2D eigenvalue weighted by Gasteiger charge is -2.35. The van der Waals surface area contributed by atoms with Crippen LogP contribution in [0.15, 0.2) is 41.8 Å². The number of rotatable bonds is 6. The number of hydrogen-bond donors (Lipinski definition) is 0. The average Bonchev–Trinajstić information content (AvgIpc) is 3.32. The lowest BCUT2D eigenvalue weighted by molar-refractivity contribution is -0.134. The van der Waals surface area contributed by atoms with Crippen molar-refractivity contribution in [1.29, 1.82) is 0 Å². The number of aromatic nitrogens is 1. The third-order valence-electron chi connectivity index (χ3n) is 6.18. The minimum Gasteiger partial charge on any atom is -0.342 e. The second-order valence-corrected chi connectivity index (χ2v) is 9.46. The number of benzene rings is 1. The van der Waals surface area contributed by atoms with Crippen LogP contribution in [-0.2, 0) is 14.4 Å². The van der Waals surface area contributed by atoms with E-state index in [9.17, 15) is 14.4 Å². The molecule has 0 N–H and O–H groups in total. The van der Waals surface area contributed by atoms with Gasteiger partial charge in [-0.3, -0.25) is 24.2 Å². The Morgan fingerprint density at radius 1 is 0.971 bits per heavy atom. The van der Waals surface area contributed by atoms with Gasteiger partial charge in [-0.05, 0) is 37.5 Å². The summed E-state index contributed by atoms with van der Waals surface area (Å²) >= 11 is 1.36. The number of hydrogen-bond acceptors (Lipinski definition) is 6. The number of anilines is 2. The molecular formula is C25H31N5O3S. The number of likely N-dealkylation sites (tertiary alicyclic amines) is 1. The van der Waals surface area contributed by atoms with Crippen molar-refractivity contribution in [2.45, 2.75) is 26.2 Å². The Labute approximate surface area is 204 Å². The van der Waals surface area contributed by atoms with Gasteiger partial charge in [-0.1, -0.05) is 18.2 Å². The summed E-state index contributed by atoms with van der Waals surface area (Å²) in [5.41, 5.74) is 1.40. The molecule has 0 aliphatic carbocycles. The van der Waals surface area contributed by atoms with Crippen molar-refractivity contribution < 1.29 is 14.4 Å². The van der Waals surface area contributed by atoms with Crippen LogP contribution in [-0.4, -0.2) is 83.2 Å². The molecule has 2 saturated heterocycles. The number of amides is 3. The van der Waals surface area contributed by atoms with Gasteiger partial charge in [0, 0.05) is 57.6 Å². The van der Waals surface area contributed by atoms with Gasteiger partial charge in [0.25, 0.3) is 0 Å². The normalized spacial score (nSPS) is 17.2. The number of nitrogens with zero attached hydrogens (tertiary/aromatic N) is 5. The summed E-state index contributed by atoms with van der Waals surface area (Å²) in [4.78, 5) is 49.4. The lowest BCUT2D eigenvalue weighted by Crippen LogP contribution is -2.51. The first kappa shape index (κ1) is 24.1. The van der Waals surface area contributed by atoms with E-state index in [1.165, 1.54) is 30.8 Å².